The lowest BCUT2D eigenvalue weighted by Gasteiger charge is -2.22. The van der Waals surface area contributed by atoms with Crippen LogP contribution in [-0.4, -0.2) is 40.8 Å². The Bertz CT molecular complexity index is 809. The van der Waals surface area contributed by atoms with Crippen molar-refractivity contribution in [2.45, 2.75) is 25.3 Å². The van der Waals surface area contributed by atoms with Gasteiger partial charge in [-0.05, 0) is 23.8 Å². The van der Waals surface area contributed by atoms with Crippen molar-refractivity contribution in [3.8, 4) is 11.5 Å². The van der Waals surface area contributed by atoms with Gasteiger partial charge in [-0.15, -0.1) is 0 Å². The van der Waals surface area contributed by atoms with Crippen LogP contribution in [-0.2, 0) is 12.8 Å². The van der Waals surface area contributed by atoms with E-state index in [9.17, 15) is 13.2 Å². The summed E-state index contributed by atoms with van der Waals surface area (Å²) in [5.41, 5.74) is 0.688. The van der Waals surface area contributed by atoms with Gasteiger partial charge in [0.25, 0.3) is 0 Å². The maximum absolute atomic E-state index is 13.1. The van der Waals surface area contributed by atoms with Crippen LogP contribution in [0.25, 0.3) is 0 Å². The molecule has 8 heteroatoms. The molecule has 150 valence electrons. The maximum atomic E-state index is 13.1. The van der Waals surface area contributed by atoms with E-state index in [0.29, 0.717) is 25.3 Å². The van der Waals surface area contributed by atoms with Crippen molar-refractivity contribution < 1.29 is 27.8 Å². The standard InChI is InChI=1S/C20H21F3N2O3/c1-14(13-27-16-4-2-15(12-26)3-5-16)25-9-7-17(11-25)28-19-10-24-8-6-18(19)20(21,22)23/h2-6,8,10,17,26H,1,7,9,11-13H2/t17-/m0/s1. The summed E-state index contributed by atoms with van der Waals surface area (Å²) in [5, 5.41) is 9.04. The third-order valence-electron chi connectivity index (χ3n) is 4.49. The minimum atomic E-state index is -4.49. The van der Waals surface area contributed by atoms with Gasteiger partial charge < -0.3 is 19.5 Å². The highest BCUT2D eigenvalue weighted by Crippen LogP contribution is 2.36. The molecule has 2 heterocycles. The number of halogens is 3. The molecule has 2 aromatic rings. The number of benzene rings is 1. The SMILES string of the molecule is C=C(COc1ccc(CO)cc1)N1CC[C@H](Oc2cnccc2C(F)(F)F)C1. The van der Waals surface area contributed by atoms with Crippen molar-refractivity contribution in [1.29, 1.82) is 0 Å². The van der Waals surface area contributed by atoms with Gasteiger partial charge in [0.2, 0.25) is 0 Å². The van der Waals surface area contributed by atoms with Crippen LogP contribution in [0.3, 0.4) is 0 Å². The lowest BCUT2D eigenvalue weighted by Crippen LogP contribution is -2.27. The van der Waals surface area contributed by atoms with Gasteiger partial charge in [0.15, 0.2) is 0 Å². The molecule has 1 saturated heterocycles. The summed E-state index contributed by atoms with van der Waals surface area (Å²) in [7, 11) is 0. The van der Waals surface area contributed by atoms with Crippen LogP contribution in [0.2, 0.25) is 0 Å². The molecular weight excluding hydrogens is 373 g/mol. The highest BCUT2D eigenvalue weighted by Gasteiger charge is 2.35. The normalized spacial score (nSPS) is 16.9. The Balaban J connectivity index is 1.53. The molecule has 0 radical (unpaired) electrons. The fourth-order valence-corrected chi connectivity index (χ4v) is 2.95. The lowest BCUT2D eigenvalue weighted by molar-refractivity contribution is -0.139. The Hall–Kier alpha value is -2.74. The second-order valence-electron chi connectivity index (χ2n) is 6.50. The smallest absolute Gasteiger partial charge is 0.420 e. The molecule has 0 aliphatic carbocycles. The predicted molar refractivity (Wildman–Crippen MR) is 96.8 cm³/mol. The highest BCUT2D eigenvalue weighted by molar-refractivity contribution is 5.32. The first kappa shape index (κ1) is 20.0. The number of alkyl halides is 3. The van der Waals surface area contributed by atoms with Crippen LogP contribution < -0.4 is 9.47 Å². The lowest BCUT2D eigenvalue weighted by atomic mass is 10.2. The molecule has 1 aliphatic rings. The minimum absolute atomic E-state index is 0.0326. The minimum Gasteiger partial charge on any atom is -0.487 e. The van der Waals surface area contributed by atoms with Crippen molar-refractivity contribution in [3.63, 3.8) is 0 Å². The highest BCUT2D eigenvalue weighted by atomic mass is 19.4. The maximum Gasteiger partial charge on any atom is 0.420 e. The number of hydrogen-bond donors (Lipinski definition) is 1. The number of nitrogens with zero attached hydrogens (tertiary/aromatic N) is 2. The molecule has 5 nitrogen and oxygen atoms in total. The van der Waals surface area contributed by atoms with Crippen molar-refractivity contribution in [2.75, 3.05) is 19.7 Å². The molecule has 1 aromatic heterocycles. The Labute approximate surface area is 161 Å². The first-order chi connectivity index (χ1) is 13.4. The van der Waals surface area contributed by atoms with E-state index in [2.05, 4.69) is 11.6 Å². The number of likely N-dealkylation sites (tertiary alicyclic amines) is 1. The summed E-state index contributed by atoms with van der Waals surface area (Å²) in [6.07, 6.45) is -2.09. The molecule has 1 N–H and O–H groups in total. The average molecular weight is 394 g/mol. The van der Waals surface area contributed by atoms with Crippen LogP contribution in [0, 0.1) is 0 Å². The van der Waals surface area contributed by atoms with Gasteiger partial charge in [-0.2, -0.15) is 13.2 Å². The van der Waals surface area contributed by atoms with E-state index in [1.165, 1.54) is 0 Å². The van der Waals surface area contributed by atoms with Gasteiger partial charge in [0.05, 0.1) is 19.3 Å². The van der Waals surface area contributed by atoms with E-state index in [1.54, 1.807) is 24.3 Å². The summed E-state index contributed by atoms with van der Waals surface area (Å²) in [6.45, 7) is 5.27. The molecule has 1 fully saturated rings. The first-order valence-corrected chi connectivity index (χ1v) is 8.80. The molecule has 1 atom stereocenters. The third kappa shape index (κ3) is 4.95. The van der Waals surface area contributed by atoms with E-state index in [0.717, 1.165) is 29.7 Å². The molecule has 3 rings (SSSR count). The topological polar surface area (TPSA) is 54.8 Å². The number of aromatic nitrogens is 1. The van der Waals surface area contributed by atoms with Gasteiger partial charge in [-0.1, -0.05) is 18.7 Å². The Morgan fingerprint density at radius 3 is 2.68 bits per heavy atom. The van der Waals surface area contributed by atoms with Crippen molar-refractivity contribution in [1.82, 2.24) is 9.88 Å². The van der Waals surface area contributed by atoms with Gasteiger partial charge in [-0.3, -0.25) is 4.98 Å². The van der Waals surface area contributed by atoms with Crippen molar-refractivity contribution in [2.24, 2.45) is 0 Å². The van der Waals surface area contributed by atoms with Gasteiger partial charge in [-0.25, -0.2) is 0 Å². The van der Waals surface area contributed by atoms with Crippen LogP contribution in [0.4, 0.5) is 13.2 Å². The number of rotatable bonds is 7. The van der Waals surface area contributed by atoms with E-state index in [1.807, 2.05) is 4.90 Å². The van der Waals surface area contributed by atoms with E-state index in [4.69, 9.17) is 14.6 Å². The first-order valence-electron chi connectivity index (χ1n) is 8.80. The molecular formula is C20H21F3N2O3. The zero-order valence-corrected chi connectivity index (χ0v) is 15.2. The summed E-state index contributed by atoms with van der Waals surface area (Å²) in [6, 6.07) is 7.97. The molecule has 0 amide bonds. The van der Waals surface area contributed by atoms with Crippen LogP contribution >= 0.6 is 0 Å². The van der Waals surface area contributed by atoms with Crippen LogP contribution in [0.5, 0.6) is 11.5 Å². The number of aliphatic hydroxyl groups excluding tert-OH is 1. The summed E-state index contributed by atoms with van der Waals surface area (Å²) in [4.78, 5) is 5.68. The molecule has 0 saturated carbocycles. The van der Waals surface area contributed by atoms with Gasteiger partial charge in [0.1, 0.15) is 29.8 Å². The molecule has 0 bridgehead atoms. The molecule has 1 aromatic carbocycles. The fraction of sp³-hybridized carbons (Fsp3) is 0.350. The molecule has 28 heavy (non-hydrogen) atoms. The zero-order valence-electron chi connectivity index (χ0n) is 15.2. The van der Waals surface area contributed by atoms with Crippen molar-refractivity contribution in [3.05, 3.63) is 66.1 Å². The van der Waals surface area contributed by atoms with E-state index >= 15 is 0 Å². The van der Waals surface area contributed by atoms with E-state index < -0.39 is 11.7 Å². The van der Waals surface area contributed by atoms with Crippen LogP contribution in [0.15, 0.2) is 55.0 Å². The number of pyridine rings is 1. The molecule has 0 unspecified atom stereocenters. The van der Waals surface area contributed by atoms with Crippen LogP contribution in [0.1, 0.15) is 17.5 Å². The van der Waals surface area contributed by atoms with Gasteiger partial charge >= 0.3 is 6.18 Å². The monoisotopic (exact) mass is 394 g/mol. The quantitative estimate of drug-likeness (QED) is 0.777. The Kier molecular flexibility index (Phi) is 6.08. The summed E-state index contributed by atoms with van der Waals surface area (Å²) in [5.74, 6) is 0.392. The molecule has 1 aliphatic heterocycles. The third-order valence-corrected chi connectivity index (χ3v) is 4.49. The predicted octanol–water partition coefficient (Wildman–Crippen LogP) is 3.64. The Morgan fingerprint density at radius 1 is 1.25 bits per heavy atom. The number of ether oxygens (including phenoxy) is 2. The summed E-state index contributed by atoms with van der Waals surface area (Å²) >= 11 is 0. The number of hydrogen-bond acceptors (Lipinski definition) is 5. The molecule has 0 spiro atoms. The van der Waals surface area contributed by atoms with Gasteiger partial charge in [0, 0.05) is 24.9 Å². The second-order valence-corrected chi connectivity index (χ2v) is 6.50. The fourth-order valence-electron chi connectivity index (χ4n) is 2.95. The average Bonchev–Trinajstić information content (AvgIpc) is 3.14. The Morgan fingerprint density at radius 2 is 2.00 bits per heavy atom. The van der Waals surface area contributed by atoms with Crippen molar-refractivity contribution >= 4 is 0 Å². The zero-order chi connectivity index (χ0) is 20.1. The van der Waals surface area contributed by atoms with E-state index in [-0.39, 0.29) is 25.1 Å². The second kappa shape index (κ2) is 8.52. The largest absolute Gasteiger partial charge is 0.487 e. The number of aliphatic hydroxyl groups is 1. The summed E-state index contributed by atoms with van der Waals surface area (Å²) < 4.78 is 50.5.